The number of rotatable bonds is 6. The molecule has 0 aliphatic carbocycles. The molecule has 0 saturated heterocycles. The molecule has 0 aromatic carbocycles. The minimum absolute atomic E-state index is 0.144. The molecule has 0 rings (SSSR count). The topological polar surface area (TPSA) is 83.8 Å². The molecule has 0 aromatic heterocycles. The zero-order chi connectivity index (χ0) is 12.8. The van der Waals surface area contributed by atoms with Gasteiger partial charge in [0, 0.05) is 18.8 Å². The van der Waals surface area contributed by atoms with E-state index >= 15 is 0 Å². The monoisotopic (exact) mass is 230 g/mol. The van der Waals surface area contributed by atoms with E-state index in [1.165, 1.54) is 6.08 Å². The second-order valence-electron chi connectivity index (χ2n) is 2.64. The molecule has 0 unspecified atom stereocenters. The van der Waals surface area contributed by atoms with Crippen LogP contribution in [0.1, 0.15) is 19.8 Å². The van der Waals surface area contributed by atoms with Gasteiger partial charge < -0.3 is 14.9 Å². The summed E-state index contributed by atoms with van der Waals surface area (Å²) in [7, 11) is 0. The third kappa shape index (κ3) is 18.2. The number of carbonyl (C=O) groups is 2. The highest BCUT2D eigenvalue weighted by molar-refractivity contribution is 5.81. The summed E-state index contributed by atoms with van der Waals surface area (Å²) in [5.74, 6) is -1.30. The summed E-state index contributed by atoms with van der Waals surface area (Å²) in [6.45, 7) is 5.41. The molecule has 92 valence electrons. The highest BCUT2D eigenvalue weighted by Gasteiger charge is 1.92. The van der Waals surface area contributed by atoms with Crippen molar-refractivity contribution >= 4 is 11.9 Å². The van der Waals surface area contributed by atoms with Crippen LogP contribution >= 0.6 is 0 Å². The van der Waals surface area contributed by atoms with Crippen LogP contribution in [0.25, 0.3) is 0 Å². The Labute approximate surface area is 95.0 Å². The number of esters is 1. The maximum Gasteiger partial charge on any atom is 0.330 e. The van der Waals surface area contributed by atoms with Crippen LogP contribution in [0.3, 0.4) is 0 Å². The maximum absolute atomic E-state index is 10.4. The Morgan fingerprint density at radius 2 is 2.00 bits per heavy atom. The summed E-state index contributed by atoms with van der Waals surface area (Å²) >= 11 is 0. The van der Waals surface area contributed by atoms with Gasteiger partial charge in [-0.05, 0) is 19.8 Å². The smallest absolute Gasteiger partial charge is 0.330 e. The molecule has 2 N–H and O–H groups in total. The number of ether oxygens (including phenoxy) is 1. The summed E-state index contributed by atoms with van der Waals surface area (Å²) in [5.41, 5.74) is 0. The van der Waals surface area contributed by atoms with Gasteiger partial charge >= 0.3 is 11.9 Å². The standard InChI is InChI=1S/C7H12O3.C4H6O2/c1-2-7(9)10-6-4-3-5-8;1-2-3-4(5)6/h2,8H,1,3-6H2;2-3H,1H3,(H,5,6)/b;3-2+. The Morgan fingerprint density at radius 1 is 1.38 bits per heavy atom. The number of aliphatic carboxylic acids is 1. The van der Waals surface area contributed by atoms with Crippen molar-refractivity contribution in [2.45, 2.75) is 19.8 Å². The molecule has 0 heterocycles. The Hall–Kier alpha value is -1.62. The quantitative estimate of drug-likeness (QED) is 0.406. The second kappa shape index (κ2) is 13.4. The van der Waals surface area contributed by atoms with Gasteiger partial charge in [-0.3, -0.25) is 0 Å². The number of unbranched alkanes of at least 4 members (excludes halogenated alkanes) is 1. The third-order valence-corrected chi connectivity index (χ3v) is 1.27. The first-order chi connectivity index (χ1) is 7.58. The van der Waals surface area contributed by atoms with E-state index in [0.717, 1.165) is 12.2 Å². The fourth-order valence-corrected chi connectivity index (χ4v) is 0.588. The van der Waals surface area contributed by atoms with Crippen LogP contribution in [0.2, 0.25) is 0 Å². The van der Waals surface area contributed by atoms with Gasteiger partial charge in [0.2, 0.25) is 0 Å². The van der Waals surface area contributed by atoms with Crippen molar-refractivity contribution < 1.29 is 24.5 Å². The van der Waals surface area contributed by atoms with Crippen LogP contribution < -0.4 is 0 Å². The van der Waals surface area contributed by atoms with Crippen LogP contribution in [-0.2, 0) is 14.3 Å². The number of aliphatic hydroxyl groups excluding tert-OH is 1. The maximum atomic E-state index is 10.4. The zero-order valence-corrected chi connectivity index (χ0v) is 9.39. The summed E-state index contributed by atoms with van der Waals surface area (Å²) in [6, 6.07) is 0. The molecular formula is C11H18O5. The largest absolute Gasteiger partial charge is 0.478 e. The molecule has 0 radical (unpaired) electrons. The summed E-state index contributed by atoms with van der Waals surface area (Å²) in [6.07, 6.45) is 5.06. The first-order valence-corrected chi connectivity index (χ1v) is 4.84. The van der Waals surface area contributed by atoms with Gasteiger partial charge in [0.25, 0.3) is 0 Å². The lowest BCUT2D eigenvalue weighted by atomic mass is 10.3. The SMILES string of the molecule is C/C=C/C(=O)O.C=CC(=O)OCCCCO. The fraction of sp³-hybridized carbons (Fsp3) is 0.455. The van der Waals surface area contributed by atoms with E-state index in [-0.39, 0.29) is 6.61 Å². The number of allylic oxidation sites excluding steroid dienone is 1. The second-order valence-corrected chi connectivity index (χ2v) is 2.64. The van der Waals surface area contributed by atoms with Crippen molar-refractivity contribution in [3.8, 4) is 0 Å². The minimum Gasteiger partial charge on any atom is -0.478 e. The zero-order valence-electron chi connectivity index (χ0n) is 9.39. The Kier molecular flexibility index (Phi) is 14.0. The van der Waals surface area contributed by atoms with Crippen molar-refractivity contribution in [2.75, 3.05) is 13.2 Å². The predicted octanol–water partition coefficient (Wildman–Crippen LogP) is 1.14. The van der Waals surface area contributed by atoms with Gasteiger partial charge in [-0.2, -0.15) is 0 Å². The van der Waals surface area contributed by atoms with Crippen molar-refractivity contribution in [2.24, 2.45) is 0 Å². The van der Waals surface area contributed by atoms with E-state index in [2.05, 4.69) is 11.3 Å². The van der Waals surface area contributed by atoms with Crippen LogP contribution in [-0.4, -0.2) is 35.4 Å². The molecule has 16 heavy (non-hydrogen) atoms. The summed E-state index contributed by atoms with van der Waals surface area (Å²) < 4.78 is 4.63. The van der Waals surface area contributed by atoms with Crippen LogP contribution in [0.15, 0.2) is 24.8 Å². The van der Waals surface area contributed by atoms with Gasteiger partial charge in [0.1, 0.15) is 0 Å². The lowest BCUT2D eigenvalue weighted by Gasteiger charge is -1.98. The van der Waals surface area contributed by atoms with E-state index in [9.17, 15) is 9.59 Å². The normalized spacial score (nSPS) is 9.12. The Bertz CT molecular complexity index is 233. The van der Waals surface area contributed by atoms with Gasteiger partial charge in [-0.25, -0.2) is 9.59 Å². The van der Waals surface area contributed by atoms with Crippen molar-refractivity contribution in [1.82, 2.24) is 0 Å². The van der Waals surface area contributed by atoms with Gasteiger partial charge in [0.15, 0.2) is 0 Å². The average molecular weight is 230 g/mol. The highest BCUT2D eigenvalue weighted by atomic mass is 16.5. The molecule has 0 fully saturated rings. The van der Waals surface area contributed by atoms with E-state index in [1.54, 1.807) is 6.92 Å². The van der Waals surface area contributed by atoms with Crippen LogP contribution in [0.4, 0.5) is 0 Å². The molecule has 0 spiro atoms. The molecule has 0 aromatic rings. The number of carboxylic acid groups (broad SMARTS) is 1. The van der Waals surface area contributed by atoms with Gasteiger partial charge in [0.05, 0.1) is 6.61 Å². The van der Waals surface area contributed by atoms with Crippen LogP contribution in [0, 0.1) is 0 Å². The fourth-order valence-electron chi connectivity index (χ4n) is 0.588. The summed E-state index contributed by atoms with van der Waals surface area (Å²) in [4.78, 5) is 19.9. The van der Waals surface area contributed by atoms with Crippen molar-refractivity contribution in [3.05, 3.63) is 24.8 Å². The Balaban J connectivity index is 0. The van der Waals surface area contributed by atoms with Gasteiger partial charge in [-0.15, -0.1) is 0 Å². The Morgan fingerprint density at radius 3 is 2.31 bits per heavy atom. The molecule has 0 aliphatic heterocycles. The van der Waals surface area contributed by atoms with E-state index in [0.29, 0.717) is 19.4 Å². The average Bonchev–Trinajstić information content (AvgIpc) is 2.24. The number of hydrogen-bond donors (Lipinski definition) is 2. The van der Waals surface area contributed by atoms with E-state index in [4.69, 9.17) is 10.2 Å². The van der Waals surface area contributed by atoms with Crippen LogP contribution in [0.5, 0.6) is 0 Å². The number of hydrogen-bond acceptors (Lipinski definition) is 4. The molecule has 0 amide bonds. The van der Waals surface area contributed by atoms with Crippen molar-refractivity contribution in [3.63, 3.8) is 0 Å². The molecule has 0 bridgehead atoms. The molecule has 0 saturated carbocycles. The predicted molar refractivity (Wildman–Crippen MR) is 59.9 cm³/mol. The highest BCUT2D eigenvalue weighted by Crippen LogP contribution is 1.88. The van der Waals surface area contributed by atoms with E-state index < -0.39 is 11.9 Å². The lowest BCUT2D eigenvalue weighted by molar-refractivity contribution is -0.138. The first-order valence-electron chi connectivity index (χ1n) is 4.84. The van der Waals surface area contributed by atoms with Crippen molar-refractivity contribution in [1.29, 1.82) is 0 Å². The minimum atomic E-state index is -0.891. The van der Waals surface area contributed by atoms with Gasteiger partial charge in [-0.1, -0.05) is 12.7 Å². The summed E-state index contributed by atoms with van der Waals surface area (Å²) in [5, 5.41) is 16.2. The number of carbonyl (C=O) groups excluding carboxylic acids is 1. The molecule has 0 atom stereocenters. The molecule has 5 nitrogen and oxygen atoms in total. The first kappa shape index (κ1) is 16.8. The number of carboxylic acids is 1. The lowest BCUT2D eigenvalue weighted by Crippen LogP contribution is -2.02. The molecule has 0 aliphatic rings. The third-order valence-electron chi connectivity index (χ3n) is 1.27. The molecular weight excluding hydrogens is 212 g/mol. The van der Waals surface area contributed by atoms with E-state index in [1.807, 2.05) is 0 Å². The molecule has 5 heteroatoms. The number of aliphatic hydroxyl groups is 1.